The average Bonchev–Trinajstić information content (AvgIpc) is 2.87. The van der Waals surface area contributed by atoms with Crippen molar-refractivity contribution in [2.75, 3.05) is 6.54 Å². The molecule has 2 aliphatic rings. The molecule has 0 saturated carbocycles. The number of unbranched alkanes of at least 4 members (excludes halogenated alkanes) is 1. The molecule has 0 radical (unpaired) electrons. The number of nitrogens with zero attached hydrogens (tertiary/aromatic N) is 1. The topological polar surface area (TPSA) is 29.4 Å². The Morgan fingerprint density at radius 1 is 1.06 bits per heavy atom. The summed E-state index contributed by atoms with van der Waals surface area (Å²) in [5.74, 6) is 0. The highest BCUT2D eigenvalue weighted by Gasteiger charge is 2.22. The first kappa shape index (κ1) is 29.2. The molecule has 0 bridgehead atoms. The maximum Gasteiger partial charge on any atom is 0.124 e. The number of carbonyl (C=O) groups excluding carboxylic acids is 1. The number of allylic oxidation sites excluding steroid dienone is 10. The van der Waals surface area contributed by atoms with Crippen LogP contribution < -0.4 is 0 Å². The maximum atomic E-state index is 11.2. The standard InChI is InChI=1S/C30H35NO.C4H10/c1-5-8-26(10-6-9-22(2)3)30-28(11-7-19-31-30)27-17-13-23(4)12-15-25-16-14-24(18-20-32)21-29(25)27;1-3-4-2/h6,9-11,13-14,16-17,20-21H,2,5,7-8,12,15,18-19H2,1,3-4H3;3-4H2,1-2H3/b9-6-,23-13+,26-10+,27-17-;. The van der Waals surface area contributed by atoms with Crippen LogP contribution in [0.4, 0.5) is 0 Å². The largest absolute Gasteiger partial charge is 0.303 e. The second-order valence-electron chi connectivity index (χ2n) is 9.74. The van der Waals surface area contributed by atoms with E-state index >= 15 is 0 Å². The van der Waals surface area contributed by atoms with Gasteiger partial charge in [0.2, 0.25) is 0 Å². The molecule has 192 valence electrons. The highest BCUT2D eigenvalue weighted by Crippen LogP contribution is 2.35. The van der Waals surface area contributed by atoms with Gasteiger partial charge in [-0.3, -0.25) is 4.99 Å². The molecule has 0 atom stereocenters. The second-order valence-corrected chi connectivity index (χ2v) is 9.74. The van der Waals surface area contributed by atoms with Crippen molar-refractivity contribution in [1.29, 1.82) is 0 Å². The number of aliphatic imine (C=N–C) groups is 1. The molecule has 36 heavy (non-hydrogen) atoms. The van der Waals surface area contributed by atoms with Crippen molar-refractivity contribution in [3.63, 3.8) is 0 Å². The normalized spacial score (nSPS) is 18.8. The Balaban J connectivity index is 0.00000106. The molecule has 0 N–H and O–H groups in total. The van der Waals surface area contributed by atoms with Crippen molar-refractivity contribution in [2.24, 2.45) is 4.99 Å². The van der Waals surface area contributed by atoms with Crippen LogP contribution in [0.5, 0.6) is 0 Å². The molecule has 0 fully saturated rings. The van der Waals surface area contributed by atoms with Gasteiger partial charge in [-0.1, -0.05) is 112 Å². The number of aryl methyl sites for hydroxylation is 1. The van der Waals surface area contributed by atoms with E-state index in [1.807, 2.05) is 13.0 Å². The summed E-state index contributed by atoms with van der Waals surface area (Å²) < 4.78 is 0. The molecule has 1 aromatic carbocycles. The fourth-order valence-electron chi connectivity index (χ4n) is 4.24. The molecule has 1 aliphatic heterocycles. The lowest BCUT2D eigenvalue weighted by atomic mass is 9.82. The van der Waals surface area contributed by atoms with Crippen molar-refractivity contribution >= 4 is 17.6 Å². The predicted octanol–water partition coefficient (Wildman–Crippen LogP) is 9.14. The van der Waals surface area contributed by atoms with E-state index < -0.39 is 0 Å². The SMILES string of the molecule is C=C(C)/C=C\C=C(/CCC)C1=NCCC=C1/C1=C/C=C(\C)CCc2ccc(CC=O)cc21.CCCC. The van der Waals surface area contributed by atoms with Crippen LogP contribution in [0, 0.1) is 0 Å². The monoisotopic (exact) mass is 483 g/mol. The summed E-state index contributed by atoms with van der Waals surface area (Å²) in [6, 6.07) is 6.51. The van der Waals surface area contributed by atoms with Gasteiger partial charge in [0, 0.05) is 18.5 Å². The molecule has 0 amide bonds. The van der Waals surface area contributed by atoms with Crippen LogP contribution in [0.25, 0.3) is 5.57 Å². The van der Waals surface area contributed by atoms with Crippen LogP contribution in [-0.2, 0) is 17.6 Å². The Bertz CT molecular complexity index is 1090. The molecule has 1 aromatic rings. The zero-order valence-corrected chi connectivity index (χ0v) is 23.2. The van der Waals surface area contributed by atoms with Crippen molar-refractivity contribution in [3.05, 3.63) is 100 Å². The number of rotatable bonds is 9. The number of aldehydes is 1. The van der Waals surface area contributed by atoms with Gasteiger partial charge in [-0.15, -0.1) is 0 Å². The van der Waals surface area contributed by atoms with E-state index in [1.54, 1.807) is 0 Å². The van der Waals surface area contributed by atoms with Gasteiger partial charge in [0.05, 0.1) is 5.71 Å². The van der Waals surface area contributed by atoms with E-state index in [4.69, 9.17) is 4.99 Å². The summed E-state index contributed by atoms with van der Waals surface area (Å²) in [6.45, 7) is 15.6. The van der Waals surface area contributed by atoms with E-state index in [-0.39, 0.29) is 0 Å². The number of fused-ring (bicyclic) bond motifs is 1. The van der Waals surface area contributed by atoms with Crippen molar-refractivity contribution in [2.45, 2.75) is 86.0 Å². The van der Waals surface area contributed by atoms with E-state index in [2.05, 4.69) is 82.9 Å². The van der Waals surface area contributed by atoms with Gasteiger partial charge in [-0.2, -0.15) is 0 Å². The molecule has 2 heteroatoms. The van der Waals surface area contributed by atoms with Gasteiger partial charge < -0.3 is 4.79 Å². The highest BCUT2D eigenvalue weighted by atomic mass is 16.1. The summed E-state index contributed by atoms with van der Waals surface area (Å²) in [5, 5.41) is 0. The third kappa shape index (κ3) is 8.90. The van der Waals surface area contributed by atoms with Crippen LogP contribution in [0.15, 0.2) is 88.5 Å². The van der Waals surface area contributed by atoms with Gasteiger partial charge in [-0.25, -0.2) is 0 Å². The Morgan fingerprint density at radius 3 is 2.50 bits per heavy atom. The molecule has 1 heterocycles. The molecule has 2 nitrogen and oxygen atoms in total. The Labute approximate surface area is 220 Å². The third-order valence-electron chi connectivity index (χ3n) is 6.40. The van der Waals surface area contributed by atoms with E-state index in [0.717, 1.165) is 61.8 Å². The maximum absolute atomic E-state index is 11.2. The van der Waals surface area contributed by atoms with E-state index in [1.165, 1.54) is 46.3 Å². The quantitative estimate of drug-likeness (QED) is 0.254. The average molecular weight is 484 g/mol. The summed E-state index contributed by atoms with van der Waals surface area (Å²) in [5.41, 5.74) is 10.9. The molecule has 3 rings (SSSR count). The van der Waals surface area contributed by atoms with Crippen molar-refractivity contribution in [1.82, 2.24) is 0 Å². The zero-order chi connectivity index (χ0) is 26.3. The predicted molar refractivity (Wildman–Crippen MR) is 159 cm³/mol. The molecular weight excluding hydrogens is 438 g/mol. The number of hydrogen-bond acceptors (Lipinski definition) is 2. The molecule has 1 aliphatic carbocycles. The third-order valence-corrected chi connectivity index (χ3v) is 6.40. The lowest BCUT2D eigenvalue weighted by Crippen LogP contribution is -2.15. The Hall–Kier alpha value is -3.00. The van der Waals surface area contributed by atoms with Gasteiger partial charge in [0.15, 0.2) is 0 Å². The molecule has 0 spiro atoms. The van der Waals surface area contributed by atoms with Crippen molar-refractivity contribution < 1.29 is 4.79 Å². The summed E-state index contributed by atoms with van der Waals surface area (Å²) >= 11 is 0. The van der Waals surface area contributed by atoms with Crippen LogP contribution >= 0.6 is 0 Å². The number of benzene rings is 1. The first-order valence-electron chi connectivity index (χ1n) is 13.7. The minimum atomic E-state index is 0.447. The smallest absolute Gasteiger partial charge is 0.124 e. The van der Waals surface area contributed by atoms with Gasteiger partial charge in [0.25, 0.3) is 0 Å². The Morgan fingerprint density at radius 2 is 1.83 bits per heavy atom. The fourth-order valence-corrected chi connectivity index (χ4v) is 4.24. The first-order chi connectivity index (χ1) is 17.4. The molecule has 0 unspecified atom stereocenters. The zero-order valence-electron chi connectivity index (χ0n) is 23.2. The Kier molecular flexibility index (Phi) is 12.9. The van der Waals surface area contributed by atoms with Gasteiger partial charge >= 0.3 is 0 Å². The highest BCUT2D eigenvalue weighted by molar-refractivity contribution is 6.22. The van der Waals surface area contributed by atoms with Crippen LogP contribution in [0.3, 0.4) is 0 Å². The van der Waals surface area contributed by atoms with Crippen LogP contribution in [0.1, 0.15) is 89.8 Å². The lowest BCUT2D eigenvalue weighted by Gasteiger charge is -2.24. The van der Waals surface area contributed by atoms with Crippen molar-refractivity contribution in [3.8, 4) is 0 Å². The number of dihydropyridines is 1. The molecule has 0 aromatic heterocycles. The summed E-state index contributed by atoms with van der Waals surface area (Å²) in [4.78, 5) is 16.2. The van der Waals surface area contributed by atoms with Crippen LogP contribution in [0.2, 0.25) is 0 Å². The summed E-state index contributed by atoms with van der Waals surface area (Å²) in [7, 11) is 0. The first-order valence-corrected chi connectivity index (χ1v) is 13.7. The summed E-state index contributed by atoms with van der Waals surface area (Å²) in [6.07, 6.45) is 22.3. The van der Waals surface area contributed by atoms with Gasteiger partial charge in [0.1, 0.15) is 6.29 Å². The minimum absolute atomic E-state index is 0.447. The van der Waals surface area contributed by atoms with Gasteiger partial charge in [-0.05, 0) is 67.4 Å². The minimum Gasteiger partial charge on any atom is -0.303 e. The molecular formula is C34H45NO. The number of hydrogen-bond donors (Lipinski definition) is 0. The second kappa shape index (κ2) is 15.9. The van der Waals surface area contributed by atoms with Crippen LogP contribution in [-0.4, -0.2) is 18.5 Å². The van der Waals surface area contributed by atoms with E-state index in [9.17, 15) is 4.79 Å². The van der Waals surface area contributed by atoms with E-state index in [0.29, 0.717) is 6.42 Å². The lowest BCUT2D eigenvalue weighted by molar-refractivity contribution is -0.107. The molecule has 0 saturated heterocycles. The fraction of sp³-hybridized carbons (Fsp3) is 0.412. The number of carbonyl (C=O) groups is 1.